The van der Waals surface area contributed by atoms with E-state index in [0.717, 1.165) is 11.3 Å². The molecular weight excluding hydrogens is 204 g/mol. The predicted octanol–water partition coefficient (Wildman–Crippen LogP) is 2.52. The summed E-state index contributed by atoms with van der Waals surface area (Å²) in [5.74, 6) is -0.109. The molecule has 0 aliphatic heterocycles. The monoisotopic (exact) mass is 220 g/mol. The Balaban J connectivity index is 2.29. The van der Waals surface area contributed by atoms with Gasteiger partial charge in [-0.05, 0) is 23.1 Å². The number of rotatable bonds is 3. The third-order valence-corrected chi connectivity index (χ3v) is 3.55. The second kappa shape index (κ2) is 3.51. The van der Waals surface area contributed by atoms with E-state index in [1.807, 2.05) is 38.1 Å². The molecule has 16 heavy (non-hydrogen) atoms. The quantitative estimate of drug-likeness (QED) is 0.851. The lowest BCUT2D eigenvalue weighted by atomic mass is 10.0. The summed E-state index contributed by atoms with van der Waals surface area (Å²) in [7, 11) is 1.62. The molecule has 2 rings (SSSR count). The highest BCUT2D eigenvalue weighted by molar-refractivity contribution is 5.77. The first-order chi connectivity index (χ1) is 7.48. The largest absolute Gasteiger partial charge is 0.497 e. The molecule has 1 unspecified atom stereocenters. The van der Waals surface area contributed by atoms with Gasteiger partial charge in [0.1, 0.15) is 5.75 Å². The molecule has 0 bridgehead atoms. The number of hydrogen-bond acceptors (Lipinski definition) is 2. The van der Waals surface area contributed by atoms with Crippen LogP contribution in [-0.4, -0.2) is 18.2 Å². The Hall–Kier alpha value is -1.51. The molecule has 1 aliphatic carbocycles. The highest BCUT2D eigenvalue weighted by atomic mass is 16.5. The van der Waals surface area contributed by atoms with Crippen molar-refractivity contribution in [2.24, 2.45) is 11.3 Å². The first-order valence-electron chi connectivity index (χ1n) is 5.35. The van der Waals surface area contributed by atoms with Crippen molar-refractivity contribution >= 4 is 5.97 Å². The van der Waals surface area contributed by atoms with Crippen molar-refractivity contribution in [1.82, 2.24) is 0 Å². The van der Waals surface area contributed by atoms with Gasteiger partial charge in [0.2, 0.25) is 0 Å². The van der Waals surface area contributed by atoms with Gasteiger partial charge in [-0.15, -0.1) is 0 Å². The van der Waals surface area contributed by atoms with Gasteiger partial charge >= 0.3 is 5.97 Å². The zero-order chi connectivity index (χ0) is 11.9. The number of hydrogen-bond donors (Lipinski definition) is 1. The van der Waals surface area contributed by atoms with Gasteiger partial charge in [-0.2, -0.15) is 0 Å². The van der Waals surface area contributed by atoms with Gasteiger partial charge in [-0.25, -0.2) is 0 Å². The van der Waals surface area contributed by atoms with Gasteiger partial charge in [0.25, 0.3) is 0 Å². The van der Waals surface area contributed by atoms with Gasteiger partial charge in [0.15, 0.2) is 0 Å². The molecule has 0 amide bonds. The molecule has 1 fully saturated rings. The van der Waals surface area contributed by atoms with Crippen LogP contribution in [0.2, 0.25) is 0 Å². The van der Waals surface area contributed by atoms with E-state index in [0.29, 0.717) is 0 Å². The van der Waals surface area contributed by atoms with Crippen LogP contribution in [0.25, 0.3) is 0 Å². The molecule has 0 radical (unpaired) electrons. The molecule has 0 aromatic heterocycles. The zero-order valence-electron chi connectivity index (χ0n) is 9.73. The van der Waals surface area contributed by atoms with Crippen molar-refractivity contribution in [2.75, 3.05) is 7.11 Å². The van der Waals surface area contributed by atoms with Crippen molar-refractivity contribution in [1.29, 1.82) is 0 Å². The molecule has 1 aliphatic rings. The number of carboxylic acids is 1. The Bertz CT molecular complexity index is 423. The first-order valence-corrected chi connectivity index (χ1v) is 5.35. The van der Waals surface area contributed by atoms with Gasteiger partial charge in [-0.3, -0.25) is 4.79 Å². The lowest BCUT2D eigenvalue weighted by Gasteiger charge is -2.05. The van der Waals surface area contributed by atoms with Gasteiger partial charge in [-0.1, -0.05) is 26.0 Å². The highest BCUT2D eigenvalue weighted by Crippen LogP contribution is 2.64. The Morgan fingerprint density at radius 3 is 2.62 bits per heavy atom. The van der Waals surface area contributed by atoms with E-state index in [1.54, 1.807) is 7.11 Å². The lowest BCUT2D eigenvalue weighted by Crippen LogP contribution is -2.03. The number of carboxylic acid groups (broad SMARTS) is 1. The van der Waals surface area contributed by atoms with Crippen LogP contribution < -0.4 is 4.74 Å². The summed E-state index contributed by atoms with van der Waals surface area (Å²) in [5.41, 5.74) is 0.898. The Kier molecular flexibility index (Phi) is 2.41. The minimum atomic E-state index is -0.710. The van der Waals surface area contributed by atoms with Crippen LogP contribution in [0.4, 0.5) is 0 Å². The number of methoxy groups -OCH3 is 1. The predicted molar refractivity (Wildman–Crippen MR) is 60.6 cm³/mol. The number of benzene rings is 1. The lowest BCUT2D eigenvalue weighted by molar-refractivity contribution is -0.139. The molecule has 86 valence electrons. The number of carbonyl (C=O) groups is 1. The number of ether oxygens (including phenoxy) is 1. The van der Waals surface area contributed by atoms with Crippen LogP contribution in [0.1, 0.15) is 25.3 Å². The molecule has 1 aromatic rings. The van der Waals surface area contributed by atoms with E-state index in [4.69, 9.17) is 9.84 Å². The smallest absolute Gasteiger partial charge is 0.307 e. The molecular formula is C13H16O3. The highest BCUT2D eigenvalue weighted by Gasteiger charge is 2.62. The molecule has 3 nitrogen and oxygen atoms in total. The molecule has 0 spiro atoms. The average molecular weight is 220 g/mol. The van der Waals surface area contributed by atoms with Crippen molar-refractivity contribution in [2.45, 2.75) is 19.8 Å². The number of aliphatic carboxylic acids is 1. The fourth-order valence-electron chi connectivity index (χ4n) is 2.56. The fraction of sp³-hybridized carbons (Fsp3) is 0.462. The van der Waals surface area contributed by atoms with Gasteiger partial charge in [0.05, 0.1) is 13.0 Å². The molecule has 1 aromatic carbocycles. The average Bonchev–Trinajstić information content (AvgIpc) is 2.82. The van der Waals surface area contributed by atoms with Crippen LogP contribution in [-0.2, 0) is 4.79 Å². The molecule has 3 heteroatoms. The maximum absolute atomic E-state index is 11.1. The van der Waals surface area contributed by atoms with Gasteiger partial charge in [0, 0.05) is 5.92 Å². The Morgan fingerprint density at radius 1 is 1.44 bits per heavy atom. The Labute approximate surface area is 95.0 Å². The summed E-state index contributed by atoms with van der Waals surface area (Å²) in [6.45, 7) is 3.99. The van der Waals surface area contributed by atoms with Crippen LogP contribution in [0.15, 0.2) is 24.3 Å². The summed E-state index contributed by atoms with van der Waals surface area (Å²) in [5, 5.41) is 9.12. The van der Waals surface area contributed by atoms with E-state index in [9.17, 15) is 4.79 Å². The molecule has 1 saturated carbocycles. The van der Waals surface area contributed by atoms with Crippen LogP contribution in [0.3, 0.4) is 0 Å². The summed E-state index contributed by atoms with van der Waals surface area (Å²) in [6.07, 6.45) is 0. The Morgan fingerprint density at radius 2 is 2.12 bits per heavy atom. The van der Waals surface area contributed by atoms with Crippen LogP contribution in [0, 0.1) is 11.3 Å². The van der Waals surface area contributed by atoms with E-state index in [-0.39, 0.29) is 17.3 Å². The standard InChI is InChI=1S/C13H16O3/c1-13(2)10(11(13)12(14)15)8-5-4-6-9(7-8)16-3/h4-7,10-11H,1-3H3,(H,14,15)/t10?,11-/m1/s1. The summed E-state index contributed by atoms with van der Waals surface area (Å²) < 4.78 is 5.15. The van der Waals surface area contributed by atoms with Crippen LogP contribution in [0.5, 0.6) is 5.75 Å². The first kappa shape index (κ1) is 11.0. The normalized spacial score (nSPS) is 26.2. The molecule has 0 saturated heterocycles. The third kappa shape index (κ3) is 1.56. The van der Waals surface area contributed by atoms with Crippen LogP contribution >= 0.6 is 0 Å². The second-order valence-corrected chi connectivity index (χ2v) is 4.89. The van der Waals surface area contributed by atoms with Crippen molar-refractivity contribution < 1.29 is 14.6 Å². The summed E-state index contributed by atoms with van der Waals surface area (Å²) in [4.78, 5) is 11.1. The minimum Gasteiger partial charge on any atom is -0.497 e. The van der Waals surface area contributed by atoms with E-state index >= 15 is 0 Å². The zero-order valence-corrected chi connectivity index (χ0v) is 9.73. The minimum absolute atomic E-state index is 0.0973. The fourth-order valence-corrected chi connectivity index (χ4v) is 2.56. The summed E-state index contributed by atoms with van der Waals surface area (Å²) >= 11 is 0. The van der Waals surface area contributed by atoms with E-state index in [1.165, 1.54) is 0 Å². The molecule has 1 N–H and O–H groups in total. The SMILES string of the molecule is COc1cccc(C2[C@H](C(=O)O)C2(C)C)c1. The maximum Gasteiger partial charge on any atom is 0.307 e. The van der Waals surface area contributed by atoms with Gasteiger partial charge < -0.3 is 9.84 Å². The third-order valence-electron chi connectivity index (χ3n) is 3.55. The molecule has 2 atom stereocenters. The van der Waals surface area contributed by atoms with Crippen molar-refractivity contribution in [3.8, 4) is 5.75 Å². The maximum atomic E-state index is 11.1. The molecule has 0 heterocycles. The topological polar surface area (TPSA) is 46.5 Å². The van der Waals surface area contributed by atoms with E-state index < -0.39 is 5.97 Å². The van der Waals surface area contributed by atoms with E-state index in [2.05, 4.69) is 0 Å². The second-order valence-electron chi connectivity index (χ2n) is 4.89. The van der Waals surface area contributed by atoms with Crippen molar-refractivity contribution in [3.63, 3.8) is 0 Å². The van der Waals surface area contributed by atoms with Crippen molar-refractivity contribution in [3.05, 3.63) is 29.8 Å². The summed E-state index contributed by atoms with van der Waals surface area (Å²) in [6, 6.07) is 7.67.